The highest BCUT2D eigenvalue weighted by molar-refractivity contribution is 7.09. The summed E-state index contributed by atoms with van der Waals surface area (Å²) in [6.07, 6.45) is 12.4. The lowest BCUT2D eigenvalue weighted by molar-refractivity contribution is -0.0434. The van der Waals surface area contributed by atoms with Gasteiger partial charge < -0.3 is 10.4 Å². The van der Waals surface area contributed by atoms with Crippen LogP contribution in [0.4, 0.5) is 0 Å². The average Bonchev–Trinajstić information content (AvgIpc) is 3.28. The molecule has 2 unspecified atom stereocenters. The molecule has 0 bridgehead atoms. The van der Waals surface area contributed by atoms with Gasteiger partial charge in [-0.25, -0.2) is 0 Å². The van der Waals surface area contributed by atoms with Gasteiger partial charge in [0.1, 0.15) is 0 Å². The molecule has 4 aliphatic rings. The molecule has 3 fully saturated rings. The Labute approximate surface area is 168 Å². The minimum Gasteiger partial charge on any atom is -0.393 e. The van der Waals surface area contributed by atoms with E-state index in [4.69, 9.17) is 0 Å². The smallest absolute Gasteiger partial charge is 0.0577 e. The lowest BCUT2D eigenvalue weighted by Gasteiger charge is -2.58. The van der Waals surface area contributed by atoms with Crippen molar-refractivity contribution in [3.63, 3.8) is 0 Å². The van der Waals surface area contributed by atoms with E-state index in [1.165, 1.54) is 43.4 Å². The highest BCUT2D eigenvalue weighted by Crippen LogP contribution is 2.64. The van der Waals surface area contributed by atoms with E-state index in [0.717, 1.165) is 37.1 Å². The predicted molar refractivity (Wildman–Crippen MR) is 113 cm³/mol. The van der Waals surface area contributed by atoms with Crippen LogP contribution in [0.1, 0.15) is 70.1 Å². The molecule has 1 aromatic heterocycles. The van der Waals surface area contributed by atoms with Crippen LogP contribution in [0, 0.1) is 28.6 Å². The standard InChI is InChI=1S/C24H35NOS/c1-23-11-9-17(26)14-16(23)5-6-19-20-7-8-22(24(20,2)12-10-21(19)23)25-15-18-4-3-13-27-18/h3-5,13,17,19-22,25-26H,6-12,14-15H2,1-2H3/t17?,19-,20-,21+,22?,23-,24-/m0/s1. The Kier molecular flexibility index (Phi) is 4.57. The van der Waals surface area contributed by atoms with Crippen LogP contribution < -0.4 is 5.32 Å². The van der Waals surface area contributed by atoms with Gasteiger partial charge in [-0.1, -0.05) is 31.6 Å². The van der Waals surface area contributed by atoms with E-state index in [0.29, 0.717) is 16.9 Å². The van der Waals surface area contributed by atoms with Gasteiger partial charge in [0.2, 0.25) is 0 Å². The second-order valence-electron chi connectivity index (χ2n) is 10.3. The van der Waals surface area contributed by atoms with E-state index in [1.807, 2.05) is 11.3 Å². The molecule has 27 heavy (non-hydrogen) atoms. The van der Waals surface area contributed by atoms with Crippen molar-refractivity contribution in [2.75, 3.05) is 0 Å². The second-order valence-corrected chi connectivity index (χ2v) is 11.3. The molecule has 4 aliphatic carbocycles. The van der Waals surface area contributed by atoms with Crippen LogP contribution in [0.15, 0.2) is 29.2 Å². The fourth-order valence-electron chi connectivity index (χ4n) is 7.61. The van der Waals surface area contributed by atoms with Gasteiger partial charge in [0, 0.05) is 17.5 Å². The Morgan fingerprint density at radius 2 is 2.04 bits per heavy atom. The minimum atomic E-state index is -0.0907. The van der Waals surface area contributed by atoms with Crippen molar-refractivity contribution >= 4 is 11.3 Å². The molecule has 2 N–H and O–H groups in total. The summed E-state index contributed by atoms with van der Waals surface area (Å²) >= 11 is 1.87. The van der Waals surface area contributed by atoms with Crippen LogP contribution in [0.2, 0.25) is 0 Å². The van der Waals surface area contributed by atoms with E-state index >= 15 is 0 Å². The molecule has 2 nitrogen and oxygen atoms in total. The van der Waals surface area contributed by atoms with Gasteiger partial charge in [-0.05, 0) is 91.4 Å². The monoisotopic (exact) mass is 385 g/mol. The van der Waals surface area contributed by atoms with E-state index in [1.54, 1.807) is 5.57 Å². The first-order valence-corrected chi connectivity index (χ1v) is 12.0. The molecule has 0 radical (unpaired) electrons. The predicted octanol–water partition coefficient (Wildman–Crippen LogP) is 5.53. The summed E-state index contributed by atoms with van der Waals surface area (Å²) in [6, 6.07) is 5.10. The van der Waals surface area contributed by atoms with Crippen molar-refractivity contribution < 1.29 is 5.11 Å². The first kappa shape index (κ1) is 18.4. The summed E-state index contributed by atoms with van der Waals surface area (Å²) in [5.41, 5.74) is 2.43. The highest BCUT2D eigenvalue weighted by atomic mass is 32.1. The van der Waals surface area contributed by atoms with E-state index in [9.17, 15) is 5.11 Å². The number of hydrogen-bond acceptors (Lipinski definition) is 3. The van der Waals surface area contributed by atoms with Gasteiger partial charge in [0.15, 0.2) is 0 Å². The van der Waals surface area contributed by atoms with Crippen LogP contribution in [0.3, 0.4) is 0 Å². The molecule has 148 valence electrons. The zero-order valence-electron chi connectivity index (χ0n) is 16.9. The molecule has 1 heterocycles. The summed E-state index contributed by atoms with van der Waals surface area (Å²) < 4.78 is 0. The number of aliphatic hydroxyl groups excluding tert-OH is 1. The van der Waals surface area contributed by atoms with Crippen molar-refractivity contribution in [2.24, 2.45) is 28.6 Å². The number of fused-ring (bicyclic) bond motifs is 5. The summed E-state index contributed by atoms with van der Waals surface area (Å²) in [5, 5.41) is 16.3. The van der Waals surface area contributed by atoms with Crippen molar-refractivity contribution in [1.82, 2.24) is 5.32 Å². The van der Waals surface area contributed by atoms with Gasteiger partial charge in [0.05, 0.1) is 6.10 Å². The van der Waals surface area contributed by atoms with Gasteiger partial charge in [-0.2, -0.15) is 0 Å². The molecule has 0 amide bonds. The first-order valence-electron chi connectivity index (χ1n) is 11.1. The Bertz CT molecular complexity index is 712. The molecular formula is C24H35NOS. The SMILES string of the molecule is C[C@]12CCC(O)CC1=CC[C@@H]1[C@H]2CC[C@]2(C)C(NCc3cccs3)CC[C@@H]12. The van der Waals surface area contributed by atoms with Crippen molar-refractivity contribution in [2.45, 2.75) is 83.9 Å². The van der Waals surface area contributed by atoms with Gasteiger partial charge in [0.25, 0.3) is 0 Å². The quantitative estimate of drug-likeness (QED) is 0.671. The normalized spacial score (nSPS) is 46.3. The molecule has 7 atom stereocenters. The molecule has 0 aliphatic heterocycles. The molecule has 0 saturated heterocycles. The molecule has 5 rings (SSSR count). The summed E-state index contributed by atoms with van der Waals surface area (Å²) in [5.74, 6) is 2.58. The number of rotatable bonds is 3. The number of thiophene rings is 1. The van der Waals surface area contributed by atoms with Crippen molar-refractivity contribution in [3.8, 4) is 0 Å². The Balaban J connectivity index is 1.35. The molecule has 3 heteroatoms. The maximum Gasteiger partial charge on any atom is 0.0577 e. The fraction of sp³-hybridized carbons (Fsp3) is 0.750. The highest BCUT2D eigenvalue weighted by Gasteiger charge is 2.58. The first-order chi connectivity index (χ1) is 13.0. The average molecular weight is 386 g/mol. The zero-order valence-corrected chi connectivity index (χ0v) is 17.7. The summed E-state index contributed by atoms with van der Waals surface area (Å²) in [6.45, 7) is 6.17. The maximum absolute atomic E-state index is 10.2. The number of nitrogens with one attached hydrogen (secondary N) is 1. The Hall–Kier alpha value is -0.640. The van der Waals surface area contributed by atoms with Crippen LogP contribution in [0.25, 0.3) is 0 Å². The number of allylic oxidation sites excluding steroid dienone is 1. The molecule has 0 aromatic carbocycles. The van der Waals surface area contributed by atoms with Crippen LogP contribution in [-0.4, -0.2) is 17.3 Å². The van der Waals surface area contributed by atoms with Gasteiger partial charge >= 0.3 is 0 Å². The third kappa shape index (κ3) is 2.88. The van der Waals surface area contributed by atoms with Gasteiger partial charge in [-0.15, -0.1) is 11.3 Å². The topological polar surface area (TPSA) is 32.3 Å². The summed E-state index contributed by atoms with van der Waals surface area (Å²) in [7, 11) is 0. The van der Waals surface area contributed by atoms with Crippen molar-refractivity contribution in [1.29, 1.82) is 0 Å². The second kappa shape index (κ2) is 6.71. The fourth-order valence-corrected chi connectivity index (χ4v) is 8.27. The van der Waals surface area contributed by atoms with Crippen LogP contribution in [0.5, 0.6) is 0 Å². The lowest BCUT2D eigenvalue weighted by Crippen LogP contribution is -2.53. The van der Waals surface area contributed by atoms with E-state index in [2.05, 4.69) is 42.8 Å². The van der Waals surface area contributed by atoms with Crippen molar-refractivity contribution in [3.05, 3.63) is 34.0 Å². The zero-order chi connectivity index (χ0) is 18.6. The lowest BCUT2D eigenvalue weighted by atomic mass is 9.48. The number of aliphatic hydroxyl groups is 1. The van der Waals surface area contributed by atoms with Gasteiger partial charge in [-0.3, -0.25) is 0 Å². The van der Waals surface area contributed by atoms with Crippen LogP contribution in [-0.2, 0) is 6.54 Å². The third-order valence-corrected chi connectivity index (χ3v) is 10.1. The van der Waals surface area contributed by atoms with E-state index < -0.39 is 0 Å². The minimum absolute atomic E-state index is 0.0907. The molecular weight excluding hydrogens is 350 g/mol. The Morgan fingerprint density at radius 1 is 1.15 bits per heavy atom. The number of hydrogen-bond donors (Lipinski definition) is 2. The maximum atomic E-state index is 10.2. The molecule has 1 aromatic rings. The molecule has 3 saturated carbocycles. The van der Waals surface area contributed by atoms with Crippen LogP contribution >= 0.6 is 11.3 Å². The van der Waals surface area contributed by atoms with E-state index in [-0.39, 0.29) is 6.10 Å². The summed E-state index contributed by atoms with van der Waals surface area (Å²) in [4.78, 5) is 1.47. The molecule has 0 spiro atoms. The third-order valence-electron chi connectivity index (χ3n) is 9.18. The Morgan fingerprint density at radius 3 is 2.85 bits per heavy atom. The largest absolute Gasteiger partial charge is 0.393 e.